The number of aryl methyl sites for hydroxylation is 1. The zero-order valence-corrected chi connectivity index (χ0v) is 18.1. The molecule has 1 aliphatic heterocycles. The Morgan fingerprint density at radius 1 is 1.00 bits per heavy atom. The van der Waals surface area contributed by atoms with Gasteiger partial charge in [0.2, 0.25) is 0 Å². The van der Waals surface area contributed by atoms with Crippen molar-refractivity contribution in [2.75, 3.05) is 18.8 Å². The summed E-state index contributed by atoms with van der Waals surface area (Å²) in [4.78, 5) is 15.0. The van der Waals surface area contributed by atoms with E-state index in [0.717, 1.165) is 17.7 Å². The molecule has 0 unspecified atom stereocenters. The fraction of sp³-hybridized carbons (Fsp3) is 0.409. The van der Waals surface area contributed by atoms with Crippen molar-refractivity contribution in [1.82, 2.24) is 10.2 Å². The standard InChI is InChI=1S/C22H29N3O.2ClH/c1-17-9-10-20(23)14-21(17)22(26)24-15-18-7-6-8-19(13-18)16-25-11-4-2-3-5-12-25;;/h6-10,13-14H,2-5,11-12,15-16,23H2,1H3,(H,24,26);2*1H. The van der Waals surface area contributed by atoms with Crippen molar-refractivity contribution in [3.8, 4) is 0 Å². The maximum Gasteiger partial charge on any atom is 0.251 e. The van der Waals surface area contributed by atoms with E-state index in [-0.39, 0.29) is 30.7 Å². The van der Waals surface area contributed by atoms with Crippen LogP contribution >= 0.6 is 24.8 Å². The Labute approximate surface area is 180 Å². The molecule has 1 aliphatic rings. The van der Waals surface area contributed by atoms with Crippen molar-refractivity contribution in [2.24, 2.45) is 0 Å². The van der Waals surface area contributed by atoms with Crippen molar-refractivity contribution in [3.63, 3.8) is 0 Å². The lowest BCUT2D eigenvalue weighted by Gasteiger charge is -2.20. The molecule has 1 fully saturated rings. The zero-order valence-electron chi connectivity index (χ0n) is 16.4. The van der Waals surface area contributed by atoms with Crippen molar-refractivity contribution in [3.05, 3.63) is 64.7 Å². The second kappa shape index (κ2) is 11.9. The maximum absolute atomic E-state index is 12.5. The van der Waals surface area contributed by atoms with Gasteiger partial charge in [0, 0.05) is 24.3 Å². The topological polar surface area (TPSA) is 58.4 Å². The normalized spacial score (nSPS) is 14.3. The van der Waals surface area contributed by atoms with Gasteiger partial charge in [-0.15, -0.1) is 24.8 Å². The Balaban J connectivity index is 0.00000196. The van der Waals surface area contributed by atoms with Gasteiger partial charge in [-0.25, -0.2) is 0 Å². The first-order chi connectivity index (χ1) is 12.6. The fourth-order valence-electron chi connectivity index (χ4n) is 3.55. The van der Waals surface area contributed by atoms with Crippen molar-refractivity contribution in [2.45, 2.75) is 45.7 Å². The average Bonchev–Trinajstić information content (AvgIpc) is 2.91. The number of hydrogen-bond donors (Lipinski definition) is 2. The second-order valence-electron chi connectivity index (χ2n) is 7.27. The lowest BCUT2D eigenvalue weighted by Crippen LogP contribution is -2.25. The van der Waals surface area contributed by atoms with Crippen molar-refractivity contribution in [1.29, 1.82) is 0 Å². The molecule has 0 aliphatic carbocycles. The molecule has 2 aromatic rings. The van der Waals surface area contributed by atoms with Crippen LogP contribution in [0.25, 0.3) is 0 Å². The Hall–Kier alpha value is -1.75. The molecule has 0 saturated carbocycles. The van der Waals surface area contributed by atoms with Crippen LogP contribution in [0.5, 0.6) is 0 Å². The molecule has 0 radical (unpaired) electrons. The Morgan fingerprint density at radius 2 is 1.68 bits per heavy atom. The molecule has 0 atom stereocenters. The summed E-state index contributed by atoms with van der Waals surface area (Å²) in [6.45, 7) is 5.83. The molecule has 0 spiro atoms. The molecule has 6 heteroatoms. The molecule has 2 aromatic carbocycles. The molecular formula is C22H31Cl2N3O. The minimum Gasteiger partial charge on any atom is -0.399 e. The van der Waals surface area contributed by atoms with Gasteiger partial charge in [0.25, 0.3) is 5.91 Å². The van der Waals surface area contributed by atoms with Crippen molar-refractivity contribution >= 4 is 36.4 Å². The van der Waals surface area contributed by atoms with E-state index >= 15 is 0 Å². The molecule has 28 heavy (non-hydrogen) atoms. The number of amides is 1. The largest absolute Gasteiger partial charge is 0.399 e. The van der Waals surface area contributed by atoms with Gasteiger partial charge in [-0.3, -0.25) is 9.69 Å². The molecule has 1 amide bonds. The highest BCUT2D eigenvalue weighted by atomic mass is 35.5. The van der Waals surface area contributed by atoms with E-state index in [4.69, 9.17) is 5.73 Å². The van der Waals surface area contributed by atoms with E-state index in [1.54, 1.807) is 6.07 Å². The number of benzene rings is 2. The van der Waals surface area contributed by atoms with Crippen LogP contribution in [0.1, 0.15) is 52.7 Å². The monoisotopic (exact) mass is 423 g/mol. The van der Waals surface area contributed by atoms with Crippen molar-refractivity contribution < 1.29 is 4.79 Å². The van der Waals surface area contributed by atoms with Gasteiger partial charge < -0.3 is 11.1 Å². The zero-order chi connectivity index (χ0) is 18.4. The number of carbonyl (C=O) groups is 1. The van der Waals surface area contributed by atoms with Crippen LogP contribution in [-0.4, -0.2) is 23.9 Å². The smallest absolute Gasteiger partial charge is 0.251 e. The summed E-state index contributed by atoms with van der Waals surface area (Å²) in [5, 5.41) is 3.02. The maximum atomic E-state index is 12.5. The Bertz CT molecular complexity index is 759. The predicted octanol–water partition coefficient (Wildman–Crippen LogP) is 4.73. The van der Waals surface area contributed by atoms with E-state index in [1.165, 1.54) is 44.3 Å². The highest BCUT2D eigenvalue weighted by Crippen LogP contribution is 2.15. The summed E-state index contributed by atoms with van der Waals surface area (Å²) >= 11 is 0. The van der Waals surface area contributed by atoms with Gasteiger partial charge in [0.15, 0.2) is 0 Å². The highest BCUT2D eigenvalue weighted by Gasteiger charge is 2.11. The first-order valence-electron chi connectivity index (χ1n) is 9.56. The third kappa shape index (κ3) is 7.01. The Morgan fingerprint density at radius 3 is 2.39 bits per heavy atom. The van der Waals surface area contributed by atoms with E-state index in [2.05, 4.69) is 34.5 Å². The number of nitrogens with zero attached hydrogens (tertiary/aromatic N) is 1. The molecule has 3 rings (SSSR count). The summed E-state index contributed by atoms with van der Waals surface area (Å²) in [6.07, 6.45) is 5.31. The first kappa shape index (κ1) is 24.3. The van der Waals surface area contributed by atoms with E-state index in [1.807, 2.05) is 19.1 Å². The minimum absolute atomic E-state index is 0. The molecule has 1 saturated heterocycles. The summed E-state index contributed by atoms with van der Waals surface area (Å²) in [5.41, 5.74) is 10.4. The van der Waals surface area contributed by atoms with Gasteiger partial charge in [0.05, 0.1) is 0 Å². The molecule has 1 heterocycles. The second-order valence-corrected chi connectivity index (χ2v) is 7.27. The SMILES string of the molecule is Cc1ccc(N)cc1C(=O)NCc1cccc(CN2CCCCCC2)c1.Cl.Cl. The average molecular weight is 424 g/mol. The number of rotatable bonds is 5. The highest BCUT2D eigenvalue weighted by molar-refractivity contribution is 5.96. The minimum atomic E-state index is -0.0762. The third-order valence-corrected chi connectivity index (χ3v) is 5.06. The van der Waals surface area contributed by atoms with Crippen LogP contribution in [0, 0.1) is 6.92 Å². The van der Waals surface area contributed by atoms with E-state index < -0.39 is 0 Å². The lowest BCUT2D eigenvalue weighted by molar-refractivity contribution is 0.0950. The molecule has 154 valence electrons. The van der Waals surface area contributed by atoms with Crippen LogP contribution in [0.15, 0.2) is 42.5 Å². The lowest BCUT2D eigenvalue weighted by atomic mass is 10.1. The number of nitrogens with one attached hydrogen (secondary N) is 1. The molecule has 4 nitrogen and oxygen atoms in total. The molecular weight excluding hydrogens is 393 g/mol. The van der Waals surface area contributed by atoms with Crippen LogP contribution < -0.4 is 11.1 Å². The third-order valence-electron chi connectivity index (χ3n) is 5.06. The van der Waals surface area contributed by atoms with Gasteiger partial charge >= 0.3 is 0 Å². The number of nitrogens with two attached hydrogens (primary N) is 1. The fourth-order valence-corrected chi connectivity index (χ4v) is 3.55. The number of halogens is 2. The quantitative estimate of drug-likeness (QED) is 0.683. The molecule has 0 aromatic heterocycles. The summed E-state index contributed by atoms with van der Waals surface area (Å²) in [7, 11) is 0. The molecule has 0 bridgehead atoms. The van der Waals surface area contributed by atoms with E-state index in [9.17, 15) is 4.79 Å². The van der Waals surface area contributed by atoms with E-state index in [0.29, 0.717) is 17.8 Å². The van der Waals surface area contributed by atoms with Crippen LogP contribution in [-0.2, 0) is 13.1 Å². The van der Waals surface area contributed by atoms with Crippen LogP contribution in [0.4, 0.5) is 5.69 Å². The summed E-state index contributed by atoms with van der Waals surface area (Å²) in [5.74, 6) is -0.0762. The van der Waals surface area contributed by atoms with Gasteiger partial charge in [-0.05, 0) is 61.7 Å². The predicted molar refractivity (Wildman–Crippen MR) is 121 cm³/mol. The number of likely N-dealkylation sites (tertiary alicyclic amines) is 1. The summed E-state index contributed by atoms with van der Waals surface area (Å²) < 4.78 is 0. The number of carbonyl (C=O) groups excluding carboxylic acids is 1. The summed E-state index contributed by atoms with van der Waals surface area (Å²) in [6, 6.07) is 14.0. The van der Waals surface area contributed by atoms with Crippen LogP contribution in [0.2, 0.25) is 0 Å². The number of anilines is 1. The van der Waals surface area contributed by atoms with Gasteiger partial charge in [-0.2, -0.15) is 0 Å². The Kier molecular flexibility index (Phi) is 10.4. The van der Waals surface area contributed by atoms with Gasteiger partial charge in [-0.1, -0.05) is 43.2 Å². The number of hydrogen-bond acceptors (Lipinski definition) is 3. The number of nitrogen functional groups attached to an aromatic ring is 1. The van der Waals surface area contributed by atoms with Gasteiger partial charge in [0.1, 0.15) is 0 Å². The first-order valence-corrected chi connectivity index (χ1v) is 9.56. The molecule has 3 N–H and O–H groups in total. The van der Waals surface area contributed by atoms with Crippen LogP contribution in [0.3, 0.4) is 0 Å².